The van der Waals surface area contributed by atoms with Crippen molar-refractivity contribution in [3.05, 3.63) is 23.0 Å². The Kier molecular flexibility index (Phi) is 4.15. The number of nitrogens with one attached hydrogen (secondary N) is 1. The average molecular weight is 240 g/mol. The van der Waals surface area contributed by atoms with Gasteiger partial charge < -0.3 is 15.9 Å². The van der Waals surface area contributed by atoms with E-state index >= 15 is 0 Å². The number of pyridine rings is 1. The number of aliphatic hydroxyl groups is 1. The summed E-state index contributed by atoms with van der Waals surface area (Å²) in [6.07, 6.45) is 2.80. The number of aryl methyl sites for hydroxylation is 1. The van der Waals surface area contributed by atoms with Crippen LogP contribution in [0.15, 0.2) is 11.3 Å². The Morgan fingerprint density at radius 1 is 1.75 bits per heavy atom. The minimum absolute atomic E-state index is 0.0204. The molecule has 0 saturated heterocycles. The van der Waals surface area contributed by atoms with Gasteiger partial charge in [0.2, 0.25) is 0 Å². The molecule has 0 unspecified atom stereocenters. The lowest BCUT2D eigenvalue weighted by atomic mass is 10.1. The molecule has 0 aliphatic rings. The molecule has 7 heteroatoms. The Labute approximate surface area is 97.8 Å². The number of hydrogen-bond donors (Lipinski definition) is 4. The summed E-state index contributed by atoms with van der Waals surface area (Å²) in [5, 5.41) is 22.5. The highest BCUT2D eigenvalue weighted by atomic mass is 32.1. The van der Waals surface area contributed by atoms with Crippen molar-refractivity contribution in [2.75, 3.05) is 0 Å². The van der Waals surface area contributed by atoms with Crippen molar-refractivity contribution in [3.63, 3.8) is 0 Å². The highest BCUT2D eigenvalue weighted by molar-refractivity contribution is 7.80. The maximum absolute atomic E-state index is 9.72. The first-order chi connectivity index (χ1) is 7.56. The van der Waals surface area contributed by atoms with Gasteiger partial charge in [-0.25, -0.2) is 0 Å². The van der Waals surface area contributed by atoms with Gasteiger partial charge in [-0.2, -0.15) is 5.10 Å². The van der Waals surface area contributed by atoms with Gasteiger partial charge in [-0.05, 0) is 19.1 Å². The number of aromatic nitrogens is 1. The number of nitrogens with two attached hydrogens (primary N) is 1. The van der Waals surface area contributed by atoms with E-state index in [0.717, 1.165) is 0 Å². The molecule has 0 aliphatic heterocycles. The topological polar surface area (TPSA) is 104 Å². The minimum atomic E-state index is -0.241. The zero-order valence-corrected chi connectivity index (χ0v) is 9.45. The zero-order valence-electron chi connectivity index (χ0n) is 8.64. The highest BCUT2D eigenvalue weighted by Gasteiger charge is 2.08. The Morgan fingerprint density at radius 2 is 2.44 bits per heavy atom. The third-order valence-electron chi connectivity index (χ3n) is 1.90. The summed E-state index contributed by atoms with van der Waals surface area (Å²) in [4.78, 5) is 3.91. The fourth-order valence-electron chi connectivity index (χ4n) is 1.08. The van der Waals surface area contributed by atoms with Crippen molar-refractivity contribution in [2.45, 2.75) is 13.5 Å². The molecule has 0 bridgehead atoms. The lowest BCUT2D eigenvalue weighted by Crippen LogP contribution is -2.24. The summed E-state index contributed by atoms with van der Waals surface area (Å²) >= 11 is 4.56. The largest absolute Gasteiger partial charge is 0.505 e. The number of rotatable bonds is 3. The second-order valence-electron chi connectivity index (χ2n) is 3.02. The summed E-state index contributed by atoms with van der Waals surface area (Å²) < 4.78 is 0. The number of aromatic hydroxyl groups is 1. The molecule has 0 spiro atoms. The van der Waals surface area contributed by atoms with Gasteiger partial charge in [0.1, 0.15) is 5.75 Å². The molecule has 1 aromatic heterocycles. The van der Waals surface area contributed by atoms with Crippen LogP contribution in [0.5, 0.6) is 5.75 Å². The number of nitrogens with zero attached hydrogens (tertiary/aromatic N) is 2. The molecule has 1 aromatic rings. The second kappa shape index (κ2) is 5.38. The third-order valence-corrected chi connectivity index (χ3v) is 1.99. The van der Waals surface area contributed by atoms with Crippen LogP contribution in [-0.4, -0.2) is 26.5 Å². The van der Waals surface area contributed by atoms with Crippen LogP contribution >= 0.6 is 12.2 Å². The van der Waals surface area contributed by atoms with Crippen LogP contribution in [0.3, 0.4) is 0 Å². The molecule has 0 aliphatic carbocycles. The Balaban J connectivity index is 3.05. The molecule has 0 fully saturated rings. The van der Waals surface area contributed by atoms with E-state index in [9.17, 15) is 5.11 Å². The van der Waals surface area contributed by atoms with Crippen molar-refractivity contribution < 1.29 is 10.2 Å². The molecular formula is C9H12N4O2S. The molecule has 6 nitrogen and oxygen atoms in total. The Bertz CT molecular complexity index is 434. The summed E-state index contributed by atoms with van der Waals surface area (Å²) in [7, 11) is 0. The first-order valence-electron chi connectivity index (χ1n) is 4.43. The van der Waals surface area contributed by atoms with Crippen molar-refractivity contribution in [3.8, 4) is 5.75 Å². The van der Waals surface area contributed by atoms with Crippen molar-refractivity contribution >= 4 is 23.5 Å². The van der Waals surface area contributed by atoms with Gasteiger partial charge in [0.05, 0.1) is 18.5 Å². The molecule has 5 N–H and O–H groups in total. The number of thiocarbonyl (C=S) groups is 1. The van der Waals surface area contributed by atoms with E-state index in [-0.39, 0.29) is 17.5 Å². The molecule has 0 amide bonds. The van der Waals surface area contributed by atoms with E-state index in [1.54, 1.807) is 6.92 Å². The molecule has 0 radical (unpaired) electrons. The van der Waals surface area contributed by atoms with Crippen LogP contribution < -0.4 is 11.2 Å². The molecule has 86 valence electrons. The predicted molar refractivity (Wildman–Crippen MR) is 64.1 cm³/mol. The van der Waals surface area contributed by atoms with Gasteiger partial charge in [-0.3, -0.25) is 10.4 Å². The van der Waals surface area contributed by atoms with Crippen molar-refractivity contribution in [1.29, 1.82) is 0 Å². The maximum Gasteiger partial charge on any atom is 0.184 e. The number of hydrazone groups is 1. The van der Waals surface area contributed by atoms with E-state index < -0.39 is 0 Å². The Hall–Kier alpha value is -1.73. The summed E-state index contributed by atoms with van der Waals surface area (Å²) in [6.45, 7) is 1.41. The van der Waals surface area contributed by atoms with Gasteiger partial charge in [0.25, 0.3) is 0 Å². The van der Waals surface area contributed by atoms with E-state index in [2.05, 4.69) is 27.7 Å². The first kappa shape index (κ1) is 12.3. The van der Waals surface area contributed by atoms with E-state index in [0.29, 0.717) is 16.8 Å². The quantitative estimate of drug-likeness (QED) is 0.330. The lowest BCUT2D eigenvalue weighted by Gasteiger charge is -2.06. The fraction of sp³-hybridized carbons (Fsp3) is 0.222. The molecule has 1 rings (SSSR count). The molecule has 16 heavy (non-hydrogen) atoms. The summed E-state index contributed by atoms with van der Waals surface area (Å²) in [6, 6.07) is 0. The van der Waals surface area contributed by atoms with E-state index in [1.807, 2.05) is 0 Å². The Morgan fingerprint density at radius 3 is 3.00 bits per heavy atom. The first-order valence-corrected chi connectivity index (χ1v) is 4.84. The SMILES string of the molecule is Cc1ncc(CO)c(C=NNC(N)=S)c1O. The van der Waals surface area contributed by atoms with E-state index in [1.165, 1.54) is 12.4 Å². The van der Waals surface area contributed by atoms with Crippen molar-refractivity contribution in [1.82, 2.24) is 10.4 Å². The minimum Gasteiger partial charge on any atom is -0.505 e. The number of hydrogen-bond acceptors (Lipinski definition) is 5. The van der Waals surface area contributed by atoms with Gasteiger partial charge in [-0.1, -0.05) is 0 Å². The zero-order chi connectivity index (χ0) is 12.1. The maximum atomic E-state index is 9.72. The van der Waals surface area contributed by atoms with Crippen LogP contribution in [0, 0.1) is 6.92 Å². The molecule has 1 heterocycles. The molecule has 0 aromatic carbocycles. The van der Waals surface area contributed by atoms with Gasteiger partial charge in [-0.15, -0.1) is 0 Å². The van der Waals surface area contributed by atoms with Gasteiger partial charge in [0, 0.05) is 17.3 Å². The molecule has 0 atom stereocenters. The van der Waals surface area contributed by atoms with Crippen LogP contribution in [0.4, 0.5) is 0 Å². The second-order valence-corrected chi connectivity index (χ2v) is 3.46. The average Bonchev–Trinajstić information content (AvgIpc) is 2.24. The van der Waals surface area contributed by atoms with Gasteiger partial charge >= 0.3 is 0 Å². The molecule has 0 saturated carbocycles. The highest BCUT2D eigenvalue weighted by Crippen LogP contribution is 2.21. The summed E-state index contributed by atoms with van der Waals surface area (Å²) in [5.41, 5.74) is 8.84. The molecular weight excluding hydrogens is 228 g/mol. The van der Waals surface area contributed by atoms with Crippen LogP contribution in [-0.2, 0) is 6.61 Å². The summed E-state index contributed by atoms with van der Waals surface area (Å²) in [5.74, 6) is -0.0277. The fourth-order valence-corrected chi connectivity index (χ4v) is 1.14. The monoisotopic (exact) mass is 240 g/mol. The predicted octanol–water partition coefficient (Wildman–Crippen LogP) is -0.245. The van der Waals surface area contributed by atoms with Crippen molar-refractivity contribution in [2.24, 2.45) is 10.8 Å². The van der Waals surface area contributed by atoms with Crippen LogP contribution in [0.2, 0.25) is 0 Å². The van der Waals surface area contributed by atoms with Crippen LogP contribution in [0.1, 0.15) is 16.8 Å². The standard InChI is InChI=1S/C9H12N4O2S/c1-5-8(15)7(3-12-13-9(10)16)6(4-14)2-11-5/h2-3,14-15H,4H2,1H3,(H3,10,13,16). The third kappa shape index (κ3) is 2.88. The van der Waals surface area contributed by atoms with E-state index in [4.69, 9.17) is 10.8 Å². The van der Waals surface area contributed by atoms with Crippen LogP contribution in [0.25, 0.3) is 0 Å². The smallest absolute Gasteiger partial charge is 0.184 e. The van der Waals surface area contributed by atoms with Gasteiger partial charge in [0.15, 0.2) is 5.11 Å². The number of aliphatic hydroxyl groups excluding tert-OH is 1. The lowest BCUT2D eigenvalue weighted by molar-refractivity contribution is 0.280. The normalized spacial score (nSPS) is 10.6.